The van der Waals surface area contributed by atoms with Gasteiger partial charge in [-0.05, 0) is 61.4 Å². The molecule has 3 aromatic rings. The molecule has 0 bridgehead atoms. The molecule has 1 aliphatic rings. The molecule has 7 nitrogen and oxygen atoms in total. The Balaban J connectivity index is 1.23. The van der Waals surface area contributed by atoms with Crippen LogP contribution in [-0.2, 0) is 6.54 Å². The van der Waals surface area contributed by atoms with Gasteiger partial charge in [-0.3, -0.25) is 0 Å². The molecule has 1 heterocycles. The van der Waals surface area contributed by atoms with Crippen LogP contribution in [0.3, 0.4) is 0 Å². The van der Waals surface area contributed by atoms with Crippen LogP contribution in [0.1, 0.15) is 31.2 Å². The SMILES string of the molecule is CN(C)c1nc(NC2CCC(CNC(=O)NCc3cccc(F)c3)CC2)nc2ccccc12. The Hall–Kier alpha value is -3.42. The van der Waals surface area contributed by atoms with Gasteiger partial charge in [0.2, 0.25) is 5.95 Å². The molecule has 0 aliphatic heterocycles. The Morgan fingerprint density at radius 1 is 1.03 bits per heavy atom. The van der Waals surface area contributed by atoms with Crippen LogP contribution in [0.2, 0.25) is 0 Å². The van der Waals surface area contributed by atoms with E-state index in [0.29, 0.717) is 31.0 Å². The second-order valence-electron chi connectivity index (χ2n) is 8.84. The molecule has 33 heavy (non-hydrogen) atoms. The number of carbonyl (C=O) groups excluding carboxylic acids is 1. The number of para-hydroxylation sites is 1. The van der Waals surface area contributed by atoms with Gasteiger partial charge < -0.3 is 20.9 Å². The highest BCUT2D eigenvalue weighted by molar-refractivity contribution is 5.90. The maximum Gasteiger partial charge on any atom is 0.315 e. The van der Waals surface area contributed by atoms with Gasteiger partial charge in [0.15, 0.2) is 0 Å². The molecule has 0 atom stereocenters. The molecule has 0 unspecified atom stereocenters. The smallest absolute Gasteiger partial charge is 0.315 e. The van der Waals surface area contributed by atoms with Crippen molar-refractivity contribution in [3.8, 4) is 0 Å². The van der Waals surface area contributed by atoms with Crippen LogP contribution in [-0.4, -0.2) is 42.7 Å². The van der Waals surface area contributed by atoms with Crippen LogP contribution in [0.4, 0.5) is 21.0 Å². The number of nitrogens with one attached hydrogen (secondary N) is 3. The number of benzene rings is 2. The number of amides is 2. The predicted octanol–water partition coefficient (Wildman–Crippen LogP) is 4.31. The lowest BCUT2D eigenvalue weighted by molar-refractivity contribution is 0.235. The summed E-state index contributed by atoms with van der Waals surface area (Å²) >= 11 is 0. The van der Waals surface area contributed by atoms with Crippen molar-refractivity contribution >= 4 is 28.7 Å². The fourth-order valence-electron chi connectivity index (χ4n) is 4.29. The number of halogens is 1. The van der Waals surface area contributed by atoms with Crippen molar-refractivity contribution in [2.45, 2.75) is 38.3 Å². The molecule has 1 saturated carbocycles. The second kappa shape index (κ2) is 10.5. The first-order chi connectivity index (χ1) is 16.0. The summed E-state index contributed by atoms with van der Waals surface area (Å²) in [5.74, 6) is 1.71. The molecule has 2 aromatic carbocycles. The van der Waals surface area contributed by atoms with Crippen molar-refractivity contribution in [2.24, 2.45) is 5.92 Å². The Kier molecular flexibility index (Phi) is 7.22. The normalized spacial score (nSPS) is 18.0. The number of nitrogens with zero attached hydrogens (tertiary/aromatic N) is 3. The minimum absolute atomic E-state index is 0.222. The van der Waals surface area contributed by atoms with E-state index in [4.69, 9.17) is 9.97 Å². The second-order valence-corrected chi connectivity index (χ2v) is 8.84. The quantitative estimate of drug-likeness (QED) is 0.500. The van der Waals surface area contributed by atoms with E-state index in [1.54, 1.807) is 12.1 Å². The molecular weight excluding hydrogens is 419 g/mol. The molecule has 4 rings (SSSR count). The summed E-state index contributed by atoms with van der Waals surface area (Å²) in [4.78, 5) is 23.5. The topological polar surface area (TPSA) is 82.2 Å². The van der Waals surface area contributed by atoms with E-state index in [1.165, 1.54) is 12.1 Å². The molecule has 2 amide bonds. The van der Waals surface area contributed by atoms with E-state index in [9.17, 15) is 9.18 Å². The summed E-state index contributed by atoms with van der Waals surface area (Å²) in [7, 11) is 3.98. The van der Waals surface area contributed by atoms with Crippen LogP contribution < -0.4 is 20.9 Å². The lowest BCUT2D eigenvalue weighted by Crippen LogP contribution is -2.39. The van der Waals surface area contributed by atoms with Crippen molar-refractivity contribution in [3.63, 3.8) is 0 Å². The van der Waals surface area contributed by atoms with Gasteiger partial charge in [0.05, 0.1) is 5.52 Å². The first kappa shape index (κ1) is 22.8. The maximum absolute atomic E-state index is 13.2. The highest BCUT2D eigenvalue weighted by Gasteiger charge is 2.22. The molecule has 1 aliphatic carbocycles. The number of anilines is 2. The van der Waals surface area contributed by atoms with Gasteiger partial charge in [-0.1, -0.05) is 24.3 Å². The molecule has 0 radical (unpaired) electrons. The lowest BCUT2D eigenvalue weighted by Gasteiger charge is -2.29. The van der Waals surface area contributed by atoms with Crippen LogP contribution in [0.5, 0.6) is 0 Å². The zero-order valence-electron chi connectivity index (χ0n) is 19.1. The van der Waals surface area contributed by atoms with Gasteiger partial charge >= 0.3 is 6.03 Å². The monoisotopic (exact) mass is 450 g/mol. The van der Waals surface area contributed by atoms with Crippen molar-refractivity contribution < 1.29 is 9.18 Å². The first-order valence-corrected chi connectivity index (χ1v) is 11.4. The van der Waals surface area contributed by atoms with Crippen molar-refractivity contribution in [3.05, 3.63) is 59.9 Å². The lowest BCUT2D eigenvalue weighted by atomic mass is 9.86. The minimum atomic E-state index is -0.299. The zero-order valence-corrected chi connectivity index (χ0v) is 19.1. The fourth-order valence-corrected chi connectivity index (χ4v) is 4.29. The third-order valence-electron chi connectivity index (χ3n) is 6.08. The predicted molar refractivity (Wildman–Crippen MR) is 130 cm³/mol. The van der Waals surface area contributed by atoms with E-state index in [1.807, 2.05) is 43.3 Å². The van der Waals surface area contributed by atoms with E-state index in [0.717, 1.165) is 48.0 Å². The summed E-state index contributed by atoms with van der Waals surface area (Å²) in [6.45, 7) is 0.944. The Labute approximate surface area is 193 Å². The maximum atomic E-state index is 13.2. The Bertz CT molecular complexity index is 1100. The number of fused-ring (bicyclic) bond motifs is 1. The number of rotatable bonds is 7. The standard InChI is InChI=1S/C25H31FN6O/c1-32(2)23-21-8-3-4-9-22(21)30-24(31-23)29-20-12-10-17(11-13-20)15-27-25(33)28-16-18-6-5-7-19(26)14-18/h3-9,14,17,20H,10-13,15-16H2,1-2H3,(H2,27,28,33)(H,29,30,31). The first-order valence-electron chi connectivity index (χ1n) is 11.4. The molecule has 174 valence electrons. The molecule has 8 heteroatoms. The fraction of sp³-hybridized carbons (Fsp3) is 0.400. The number of aromatic nitrogens is 2. The summed E-state index contributed by atoms with van der Waals surface area (Å²) in [5, 5.41) is 10.3. The minimum Gasteiger partial charge on any atom is -0.362 e. The van der Waals surface area contributed by atoms with Gasteiger partial charge in [-0.25, -0.2) is 14.2 Å². The van der Waals surface area contributed by atoms with E-state index in [2.05, 4.69) is 16.0 Å². The highest BCUT2D eigenvalue weighted by atomic mass is 19.1. The number of carbonyl (C=O) groups is 1. The highest BCUT2D eigenvalue weighted by Crippen LogP contribution is 2.28. The van der Waals surface area contributed by atoms with Crippen molar-refractivity contribution in [1.29, 1.82) is 0 Å². The van der Waals surface area contributed by atoms with Gasteiger partial charge in [-0.15, -0.1) is 0 Å². The van der Waals surface area contributed by atoms with Crippen molar-refractivity contribution in [1.82, 2.24) is 20.6 Å². The van der Waals surface area contributed by atoms with Crippen molar-refractivity contribution in [2.75, 3.05) is 30.9 Å². The van der Waals surface area contributed by atoms with Crippen LogP contribution in [0, 0.1) is 11.7 Å². The summed E-state index contributed by atoms with van der Waals surface area (Å²) in [6, 6.07) is 14.4. The number of hydrogen-bond donors (Lipinski definition) is 3. The molecular formula is C25H31FN6O. The zero-order chi connectivity index (χ0) is 23.2. The summed E-state index contributed by atoms with van der Waals surface area (Å²) < 4.78 is 13.2. The molecule has 1 aromatic heterocycles. The van der Waals surface area contributed by atoms with Gasteiger partial charge in [-0.2, -0.15) is 4.98 Å². The largest absolute Gasteiger partial charge is 0.362 e. The Morgan fingerprint density at radius 2 is 1.82 bits per heavy atom. The van der Waals surface area contributed by atoms with Gasteiger partial charge in [0.25, 0.3) is 0 Å². The molecule has 0 saturated heterocycles. The third-order valence-corrected chi connectivity index (χ3v) is 6.08. The van der Waals surface area contributed by atoms with E-state index in [-0.39, 0.29) is 11.8 Å². The third kappa shape index (κ3) is 6.09. The van der Waals surface area contributed by atoms with Crippen LogP contribution in [0.15, 0.2) is 48.5 Å². The van der Waals surface area contributed by atoms with Gasteiger partial charge in [0.1, 0.15) is 11.6 Å². The molecule has 0 spiro atoms. The molecule has 1 fully saturated rings. The average molecular weight is 451 g/mol. The van der Waals surface area contributed by atoms with E-state index < -0.39 is 0 Å². The Morgan fingerprint density at radius 3 is 2.58 bits per heavy atom. The number of urea groups is 1. The average Bonchev–Trinajstić information content (AvgIpc) is 2.82. The van der Waals surface area contributed by atoms with Crippen LogP contribution in [0.25, 0.3) is 10.9 Å². The summed E-state index contributed by atoms with van der Waals surface area (Å²) in [5.41, 5.74) is 1.67. The van der Waals surface area contributed by atoms with E-state index >= 15 is 0 Å². The van der Waals surface area contributed by atoms with Crippen LogP contribution >= 0.6 is 0 Å². The van der Waals surface area contributed by atoms with Gasteiger partial charge in [0, 0.05) is 38.6 Å². The number of hydrogen-bond acceptors (Lipinski definition) is 5. The molecule has 3 N–H and O–H groups in total. The summed E-state index contributed by atoms with van der Waals surface area (Å²) in [6.07, 6.45) is 4.06.